The molecule has 1 N–H and O–H groups in total. The number of halogens is 2. The van der Waals surface area contributed by atoms with Gasteiger partial charge in [-0.2, -0.15) is 10.1 Å². The zero-order valence-corrected chi connectivity index (χ0v) is 24.3. The Morgan fingerprint density at radius 3 is 2.42 bits per heavy atom. The molecule has 8 nitrogen and oxygen atoms in total. The Kier molecular flexibility index (Phi) is 8.94. The topological polar surface area (TPSA) is 100 Å². The van der Waals surface area contributed by atoms with Gasteiger partial charge in [0.05, 0.1) is 40.1 Å². The van der Waals surface area contributed by atoms with E-state index in [1.165, 1.54) is 35.8 Å². The molecular formula is C29H36F2N6O2S. The molecule has 1 aromatic carbocycles. The van der Waals surface area contributed by atoms with E-state index in [2.05, 4.69) is 34.5 Å². The molecule has 1 aliphatic carbocycles. The van der Waals surface area contributed by atoms with Crippen LogP contribution in [-0.2, 0) is 15.3 Å². The fourth-order valence-corrected chi connectivity index (χ4v) is 6.36. The maximum atomic E-state index is 14.6. The molecule has 214 valence electrons. The molecule has 40 heavy (non-hydrogen) atoms. The summed E-state index contributed by atoms with van der Waals surface area (Å²) in [5.41, 5.74) is 5.41. The Balaban J connectivity index is 0.00000181. The summed E-state index contributed by atoms with van der Waals surface area (Å²) in [4.78, 5) is 9.38. The van der Waals surface area contributed by atoms with Crippen molar-refractivity contribution in [2.45, 2.75) is 70.9 Å². The second-order valence-corrected chi connectivity index (χ2v) is 12.1. The van der Waals surface area contributed by atoms with Gasteiger partial charge in [0.1, 0.15) is 17.5 Å². The first kappa shape index (κ1) is 29.7. The van der Waals surface area contributed by atoms with Crippen LogP contribution in [0.25, 0.3) is 11.3 Å². The molecule has 1 aliphatic heterocycles. The summed E-state index contributed by atoms with van der Waals surface area (Å²) >= 11 is 0. The summed E-state index contributed by atoms with van der Waals surface area (Å²) in [6.45, 7) is 8.17. The third-order valence-corrected chi connectivity index (χ3v) is 8.33. The molecule has 0 saturated heterocycles. The summed E-state index contributed by atoms with van der Waals surface area (Å²) in [5, 5.41) is 10.4. The van der Waals surface area contributed by atoms with Crippen molar-refractivity contribution in [3.63, 3.8) is 0 Å². The van der Waals surface area contributed by atoms with Crippen LogP contribution >= 0.6 is 0 Å². The number of hydrogen-bond donors (Lipinski definition) is 1. The first-order valence-corrected chi connectivity index (χ1v) is 15.7. The van der Waals surface area contributed by atoms with Crippen LogP contribution in [0.3, 0.4) is 0 Å². The van der Waals surface area contributed by atoms with Crippen molar-refractivity contribution < 1.29 is 17.2 Å². The molecule has 0 fully saturated rings. The summed E-state index contributed by atoms with van der Waals surface area (Å²) < 4.78 is 53.0. The lowest BCUT2D eigenvalue weighted by atomic mass is 9.65. The van der Waals surface area contributed by atoms with E-state index in [4.69, 9.17) is 4.98 Å². The Morgan fingerprint density at radius 2 is 1.77 bits per heavy atom. The molecule has 2 aliphatic rings. The number of hydrogen-bond acceptors (Lipinski definition) is 8. The van der Waals surface area contributed by atoms with Gasteiger partial charge in [0.2, 0.25) is 0 Å². The van der Waals surface area contributed by atoms with Crippen molar-refractivity contribution in [1.82, 2.24) is 25.6 Å². The largest absolute Gasteiger partial charge is 0.306 e. The Bertz CT molecular complexity index is 1480. The number of rotatable bonds is 7. The standard InChI is InChI=1S/C27H30F2N6O2S.C2H6/c1-4-17-12-13-27(5-2,25-18(17)14-22(33-34-25)24-19(28)8-6-9-20(24)29)23-11-7-10-21(32-23)26-30-15-31-35(26)16-38(3,36)37;1-2/h6-11,14-15,17,26H,4-5,12-13,16H2,1-3H3,(H,30,31);1-2H3/t17-,26?,27+;/m0./s1. The molecule has 3 heterocycles. The molecule has 0 spiro atoms. The number of fused-ring (bicyclic) bond motifs is 1. The minimum atomic E-state index is -3.29. The van der Waals surface area contributed by atoms with Gasteiger partial charge < -0.3 is 5.43 Å². The van der Waals surface area contributed by atoms with E-state index >= 15 is 0 Å². The highest BCUT2D eigenvalue weighted by Gasteiger charge is 2.43. The summed E-state index contributed by atoms with van der Waals surface area (Å²) in [6, 6.07) is 11.2. The second kappa shape index (κ2) is 12.1. The number of hydrazine groups is 1. The summed E-state index contributed by atoms with van der Waals surface area (Å²) in [5.74, 6) is -1.40. The van der Waals surface area contributed by atoms with Gasteiger partial charge in [-0.1, -0.05) is 39.8 Å². The van der Waals surface area contributed by atoms with Crippen LogP contribution < -0.4 is 5.43 Å². The van der Waals surface area contributed by atoms with E-state index < -0.39 is 33.1 Å². The van der Waals surface area contributed by atoms with Crippen molar-refractivity contribution >= 4 is 16.2 Å². The molecule has 3 aromatic rings. The van der Waals surface area contributed by atoms with Gasteiger partial charge in [0.15, 0.2) is 16.0 Å². The fourth-order valence-electron chi connectivity index (χ4n) is 5.63. The molecule has 11 heteroatoms. The SMILES string of the molecule is CC.CC[C@H]1CC[C@](CC)(c2cccc(C3N=CNN3CS(C)(=O)=O)n2)c2nnc(-c3c(F)cccc3F)cc21. The molecule has 2 aromatic heterocycles. The van der Waals surface area contributed by atoms with Gasteiger partial charge in [-0.05, 0) is 67.5 Å². The van der Waals surface area contributed by atoms with E-state index in [1.54, 1.807) is 6.07 Å². The van der Waals surface area contributed by atoms with Crippen molar-refractivity contribution in [1.29, 1.82) is 0 Å². The van der Waals surface area contributed by atoms with Gasteiger partial charge in [0, 0.05) is 6.26 Å². The molecule has 0 saturated carbocycles. The van der Waals surface area contributed by atoms with E-state index in [-0.39, 0.29) is 23.1 Å². The lowest BCUT2D eigenvalue weighted by molar-refractivity contribution is 0.222. The quantitative estimate of drug-likeness (QED) is 0.390. The van der Waals surface area contributed by atoms with Crippen LogP contribution in [0.1, 0.15) is 88.1 Å². The predicted octanol–water partition coefficient (Wildman–Crippen LogP) is 5.68. The van der Waals surface area contributed by atoms with Crippen LogP contribution in [0, 0.1) is 11.6 Å². The van der Waals surface area contributed by atoms with Crippen LogP contribution in [0.2, 0.25) is 0 Å². The molecule has 0 amide bonds. The number of nitrogens with zero attached hydrogens (tertiary/aromatic N) is 5. The normalized spacial score (nSPS) is 22.3. The number of aromatic nitrogens is 3. The highest BCUT2D eigenvalue weighted by Crippen LogP contribution is 2.49. The van der Waals surface area contributed by atoms with Crippen molar-refractivity contribution in [2.24, 2.45) is 4.99 Å². The van der Waals surface area contributed by atoms with Crippen LogP contribution in [-0.4, -0.2) is 47.1 Å². The predicted molar refractivity (Wildman–Crippen MR) is 152 cm³/mol. The van der Waals surface area contributed by atoms with E-state index in [9.17, 15) is 17.2 Å². The zero-order valence-electron chi connectivity index (χ0n) is 23.5. The van der Waals surface area contributed by atoms with Gasteiger partial charge >= 0.3 is 0 Å². The first-order chi connectivity index (χ1) is 19.2. The molecule has 3 atom stereocenters. The van der Waals surface area contributed by atoms with Gasteiger partial charge in [-0.3, -0.25) is 4.98 Å². The monoisotopic (exact) mass is 570 g/mol. The Labute approximate surface area is 234 Å². The van der Waals surface area contributed by atoms with E-state index in [0.29, 0.717) is 12.1 Å². The summed E-state index contributed by atoms with van der Waals surface area (Å²) in [7, 11) is -3.29. The molecule has 0 radical (unpaired) electrons. The lowest BCUT2D eigenvalue weighted by Crippen LogP contribution is -2.39. The molecule has 5 rings (SSSR count). The summed E-state index contributed by atoms with van der Waals surface area (Å²) in [6.07, 6.45) is 5.23. The number of benzene rings is 1. The van der Waals surface area contributed by atoms with Gasteiger partial charge in [-0.25, -0.2) is 22.2 Å². The molecular weight excluding hydrogens is 534 g/mol. The second-order valence-electron chi connectivity index (χ2n) is 9.96. The zero-order chi connectivity index (χ0) is 29.1. The lowest BCUT2D eigenvalue weighted by Gasteiger charge is -2.40. The average molecular weight is 571 g/mol. The molecule has 1 unspecified atom stereocenters. The average Bonchev–Trinajstić information content (AvgIpc) is 3.40. The van der Waals surface area contributed by atoms with E-state index in [0.717, 1.165) is 36.2 Å². The van der Waals surface area contributed by atoms with Crippen molar-refractivity contribution in [3.05, 3.63) is 76.7 Å². The maximum Gasteiger partial charge on any atom is 0.164 e. The Hall–Kier alpha value is -3.31. The smallest absolute Gasteiger partial charge is 0.164 e. The third kappa shape index (κ3) is 5.62. The minimum Gasteiger partial charge on any atom is -0.306 e. The van der Waals surface area contributed by atoms with Crippen LogP contribution in [0.4, 0.5) is 8.78 Å². The van der Waals surface area contributed by atoms with Crippen LogP contribution in [0.15, 0.2) is 47.5 Å². The van der Waals surface area contributed by atoms with Gasteiger partial charge in [0.25, 0.3) is 0 Å². The van der Waals surface area contributed by atoms with Crippen molar-refractivity contribution in [2.75, 3.05) is 12.1 Å². The highest BCUT2D eigenvalue weighted by molar-refractivity contribution is 7.90. The maximum absolute atomic E-state index is 14.6. The number of aliphatic imine (C=N–C) groups is 1. The van der Waals surface area contributed by atoms with Crippen molar-refractivity contribution in [3.8, 4) is 11.3 Å². The minimum absolute atomic E-state index is 0.172. The first-order valence-electron chi connectivity index (χ1n) is 13.7. The van der Waals surface area contributed by atoms with Gasteiger partial charge in [-0.15, -0.1) is 5.10 Å². The Morgan fingerprint density at radius 1 is 1.07 bits per heavy atom. The number of pyridine rings is 1. The number of nitrogens with one attached hydrogen (secondary N) is 1. The highest BCUT2D eigenvalue weighted by atomic mass is 32.2. The third-order valence-electron chi connectivity index (χ3n) is 7.58. The number of sulfone groups is 1. The van der Waals surface area contributed by atoms with E-state index in [1.807, 2.05) is 32.0 Å². The molecule has 0 bridgehead atoms. The van der Waals surface area contributed by atoms with Crippen LogP contribution in [0.5, 0.6) is 0 Å². The fraction of sp³-hybridized carbons (Fsp3) is 0.448.